The molecular formula is C19H24N6O2. The summed E-state index contributed by atoms with van der Waals surface area (Å²) in [5.74, 6) is 3.07. The predicted octanol–water partition coefficient (Wildman–Crippen LogP) is 1.22. The van der Waals surface area contributed by atoms with Crippen molar-refractivity contribution in [2.24, 2.45) is 0 Å². The van der Waals surface area contributed by atoms with Crippen LogP contribution in [-0.4, -0.2) is 76.0 Å². The largest absolute Gasteiger partial charge is 0.497 e. The van der Waals surface area contributed by atoms with E-state index in [2.05, 4.69) is 25.8 Å². The van der Waals surface area contributed by atoms with E-state index in [1.54, 1.807) is 7.11 Å². The summed E-state index contributed by atoms with van der Waals surface area (Å²) in [6.07, 6.45) is 0. The minimum Gasteiger partial charge on any atom is -0.497 e. The van der Waals surface area contributed by atoms with Crippen LogP contribution in [0.3, 0.4) is 0 Å². The molecule has 0 spiro atoms. The van der Waals surface area contributed by atoms with Gasteiger partial charge in [0.15, 0.2) is 5.82 Å². The Morgan fingerprint density at radius 1 is 1.07 bits per heavy atom. The molecule has 3 heterocycles. The number of hydrogen-bond acceptors (Lipinski definition) is 7. The predicted molar refractivity (Wildman–Crippen MR) is 103 cm³/mol. The first-order valence-electron chi connectivity index (χ1n) is 9.15. The van der Waals surface area contributed by atoms with Crippen molar-refractivity contribution in [2.45, 2.75) is 6.92 Å². The highest BCUT2D eigenvalue weighted by molar-refractivity contribution is 5.60. The third-order valence-corrected chi connectivity index (χ3v) is 4.88. The van der Waals surface area contributed by atoms with E-state index in [4.69, 9.17) is 14.9 Å². The molecule has 0 amide bonds. The molecule has 0 unspecified atom stereocenters. The number of fused-ring (bicyclic) bond motifs is 1. The van der Waals surface area contributed by atoms with Gasteiger partial charge in [-0.2, -0.15) is 9.50 Å². The molecule has 1 aromatic carbocycles. The number of aryl methyl sites for hydroxylation is 1. The minimum atomic E-state index is 0.201. The molecule has 8 heteroatoms. The van der Waals surface area contributed by atoms with Gasteiger partial charge >= 0.3 is 0 Å². The van der Waals surface area contributed by atoms with Gasteiger partial charge in [-0.05, 0) is 31.2 Å². The number of benzene rings is 1. The van der Waals surface area contributed by atoms with Gasteiger partial charge in [0, 0.05) is 50.0 Å². The van der Waals surface area contributed by atoms with Crippen LogP contribution in [0.15, 0.2) is 30.3 Å². The van der Waals surface area contributed by atoms with Crippen molar-refractivity contribution in [1.29, 1.82) is 0 Å². The van der Waals surface area contributed by atoms with E-state index < -0.39 is 0 Å². The van der Waals surface area contributed by atoms with E-state index in [0.717, 1.165) is 55.5 Å². The average molecular weight is 368 g/mol. The summed E-state index contributed by atoms with van der Waals surface area (Å²) >= 11 is 0. The molecule has 1 aliphatic heterocycles. The van der Waals surface area contributed by atoms with Gasteiger partial charge in [-0.3, -0.25) is 4.90 Å². The lowest BCUT2D eigenvalue weighted by Crippen LogP contribution is -2.47. The number of piperazine rings is 1. The lowest BCUT2D eigenvalue weighted by Gasteiger charge is -2.35. The van der Waals surface area contributed by atoms with E-state index in [9.17, 15) is 0 Å². The number of rotatable bonds is 5. The Bertz CT molecular complexity index is 916. The molecule has 4 rings (SSSR count). The van der Waals surface area contributed by atoms with Crippen molar-refractivity contribution < 1.29 is 9.84 Å². The van der Waals surface area contributed by atoms with Crippen molar-refractivity contribution in [3.05, 3.63) is 36.0 Å². The van der Waals surface area contributed by atoms with Crippen molar-refractivity contribution in [3.63, 3.8) is 0 Å². The zero-order valence-corrected chi connectivity index (χ0v) is 15.7. The molecule has 0 atom stereocenters. The van der Waals surface area contributed by atoms with E-state index in [-0.39, 0.29) is 6.61 Å². The number of β-amino-alcohol motifs (C(OH)–C–C–N with tert-alkyl or cyclic N) is 1. The number of aliphatic hydroxyl groups is 1. The Labute approximate surface area is 158 Å². The molecule has 0 radical (unpaired) electrons. The van der Waals surface area contributed by atoms with Crippen LogP contribution in [0.4, 0.5) is 5.82 Å². The first-order valence-corrected chi connectivity index (χ1v) is 9.15. The number of aromatic nitrogens is 4. The molecule has 0 saturated carbocycles. The molecule has 1 fully saturated rings. The number of ether oxygens (including phenoxy) is 1. The first-order chi connectivity index (χ1) is 13.2. The van der Waals surface area contributed by atoms with E-state index >= 15 is 0 Å². The van der Waals surface area contributed by atoms with Crippen LogP contribution in [0.2, 0.25) is 0 Å². The fraction of sp³-hybridized carbons (Fsp3) is 0.421. The second kappa shape index (κ2) is 7.50. The summed E-state index contributed by atoms with van der Waals surface area (Å²) < 4.78 is 7.05. The first kappa shape index (κ1) is 17.7. The van der Waals surface area contributed by atoms with Crippen LogP contribution < -0.4 is 9.64 Å². The molecule has 1 saturated heterocycles. The van der Waals surface area contributed by atoms with Gasteiger partial charge in [0.2, 0.25) is 0 Å². The Kier molecular flexibility index (Phi) is 4.91. The van der Waals surface area contributed by atoms with Crippen LogP contribution in [-0.2, 0) is 0 Å². The maximum absolute atomic E-state index is 9.13. The highest BCUT2D eigenvalue weighted by Gasteiger charge is 2.21. The van der Waals surface area contributed by atoms with Gasteiger partial charge in [0.1, 0.15) is 11.6 Å². The third-order valence-electron chi connectivity index (χ3n) is 4.88. The average Bonchev–Trinajstić information content (AvgIpc) is 3.12. The molecular weight excluding hydrogens is 344 g/mol. The SMILES string of the molecule is COc1ccc(-c2nc3nc(C)cc(N4CCN(CCO)CC4)n3n2)cc1. The molecule has 0 bridgehead atoms. The van der Waals surface area contributed by atoms with Crippen molar-refractivity contribution >= 4 is 11.6 Å². The molecule has 1 aliphatic rings. The maximum Gasteiger partial charge on any atom is 0.254 e. The lowest BCUT2D eigenvalue weighted by molar-refractivity contribution is 0.188. The number of anilines is 1. The second-order valence-corrected chi connectivity index (χ2v) is 6.68. The molecule has 2 aromatic heterocycles. The van der Waals surface area contributed by atoms with Gasteiger partial charge in [-0.25, -0.2) is 4.98 Å². The van der Waals surface area contributed by atoms with Crippen molar-refractivity contribution in [1.82, 2.24) is 24.5 Å². The van der Waals surface area contributed by atoms with E-state index in [1.165, 1.54) is 0 Å². The molecule has 3 aromatic rings. The van der Waals surface area contributed by atoms with Gasteiger partial charge < -0.3 is 14.7 Å². The fourth-order valence-electron chi connectivity index (χ4n) is 3.40. The Hall–Kier alpha value is -2.71. The zero-order valence-electron chi connectivity index (χ0n) is 15.7. The van der Waals surface area contributed by atoms with Crippen LogP contribution in [0.25, 0.3) is 17.2 Å². The van der Waals surface area contributed by atoms with Crippen LogP contribution in [0.5, 0.6) is 5.75 Å². The van der Waals surface area contributed by atoms with Crippen LogP contribution in [0.1, 0.15) is 5.69 Å². The summed E-state index contributed by atoms with van der Waals surface area (Å²) in [4.78, 5) is 13.8. The van der Waals surface area contributed by atoms with Gasteiger partial charge in [0.05, 0.1) is 13.7 Å². The van der Waals surface area contributed by atoms with Crippen molar-refractivity contribution in [3.8, 4) is 17.1 Å². The summed E-state index contributed by atoms with van der Waals surface area (Å²) in [6.45, 7) is 6.52. The van der Waals surface area contributed by atoms with E-state index in [0.29, 0.717) is 11.6 Å². The standard InChI is InChI=1S/C19H24N6O2/c1-14-13-17(24-9-7-23(8-10-24)11-12-26)25-19(20-14)21-18(22-25)15-3-5-16(27-2)6-4-15/h3-6,13,26H,7-12H2,1-2H3. The monoisotopic (exact) mass is 368 g/mol. The minimum absolute atomic E-state index is 0.201. The summed E-state index contributed by atoms with van der Waals surface area (Å²) in [5, 5.41) is 13.8. The molecule has 1 N–H and O–H groups in total. The summed E-state index contributed by atoms with van der Waals surface area (Å²) in [6, 6.07) is 9.77. The number of methoxy groups -OCH3 is 1. The number of aliphatic hydroxyl groups excluding tert-OH is 1. The van der Waals surface area contributed by atoms with E-state index in [1.807, 2.05) is 35.7 Å². The zero-order chi connectivity index (χ0) is 18.8. The van der Waals surface area contributed by atoms with Crippen molar-refractivity contribution in [2.75, 3.05) is 51.3 Å². The highest BCUT2D eigenvalue weighted by atomic mass is 16.5. The second-order valence-electron chi connectivity index (χ2n) is 6.68. The number of hydrogen-bond donors (Lipinski definition) is 1. The fourth-order valence-corrected chi connectivity index (χ4v) is 3.40. The summed E-state index contributed by atoms with van der Waals surface area (Å²) in [7, 11) is 1.65. The Morgan fingerprint density at radius 3 is 2.48 bits per heavy atom. The van der Waals surface area contributed by atoms with Crippen LogP contribution in [0, 0.1) is 6.92 Å². The van der Waals surface area contributed by atoms with Crippen LogP contribution >= 0.6 is 0 Å². The molecule has 27 heavy (non-hydrogen) atoms. The Morgan fingerprint density at radius 2 is 1.81 bits per heavy atom. The quantitative estimate of drug-likeness (QED) is 0.725. The van der Waals surface area contributed by atoms with Gasteiger partial charge in [-0.15, -0.1) is 5.10 Å². The number of nitrogens with zero attached hydrogens (tertiary/aromatic N) is 6. The van der Waals surface area contributed by atoms with Gasteiger partial charge in [0.25, 0.3) is 5.78 Å². The lowest BCUT2D eigenvalue weighted by atomic mass is 10.2. The topological polar surface area (TPSA) is 79.0 Å². The maximum atomic E-state index is 9.13. The molecule has 0 aliphatic carbocycles. The Balaban J connectivity index is 1.66. The third kappa shape index (κ3) is 3.58. The highest BCUT2D eigenvalue weighted by Crippen LogP contribution is 2.23. The molecule has 8 nitrogen and oxygen atoms in total. The molecule has 142 valence electrons. The summed E-state index contributed by atoms with van der Waals surface area (Å²) in [5.41, 5.74) is 1.85. The smallest absolute Gasteiger partial charge is 0.254 e. The van der Waals surface area contributed by atoms with Gasteiger partial charge in [-0.1, -0.05) is 0 Å². The normalized spacial score (nSPS) is 15.4.